The number of carboxylic acids is 1. The van der Waals surface area contributed by atoms with E-state index in [0.29, 0.717) is 14.8 Å². The second kappa shape index (κ2) is 7.09. The van der Waals surface area contributed by atoms with Crippen LogP contribution in [-0.4, -0.2) is 31.6 Å². The number of hydrogen-bond acceptors (Lipinski definition) is 4. The molecule has 0 atom stereocenters. The Morgan fingerprint density at radius 3 is 2.69 bits per heavy atom. The Balaban J connectivity index is 2.20. The molecule has 0 unspecified atom stereocenters. The van der Waals surface area contributed by atoms with Crippen molar-refractivity contribution in [1.29, 1.82) is 0 Å². The van der Waals surface area contributed by atoms with E-state index in [1.165, 1.54) is 16.7 Å². The molecular weight excluding hydrogens is 459 g/mol. The van der Waals surface area contributed by atoms with Crippen molar-refractivity contribution >= 4 is 56.2 Å². The highest BCUT2D eigenvalue weighted by Gasteiger charge is 2.31. The first-order chi connectivity index (χ1) is 12.2. The van der Waals surface area contributed by atoms with E-state index in [-0.39, 0.29) is 22.2 Å². The fraction of sp³-hybridized carbons (Fsp3) is 0.133. The van der Waals surface area contributed by atoms with Gasteiger partial charge in [0.05, 0.1) is 21.7 Å². The molecule has 2 aromatic heterocycles. The van der Waals surface area contributed by atoms with Crippen LogP contribution in [0.1, 0.15) is 5.56 Å². The number of thioether (sulfide) groups is 1. The van der Waals surface area contributed by atoms with Gasteiger partial charge in [-0.25, -0.2) is 0 Å². The van der Waals surface area contributed by atoms with Crippen molar-refractivity contribution < 1.29 is 23.1 Å². The number of hydrogen-bond donors (Lipinski definition) is 1. The fourth-order valence-corrected chi connectivity index (χ4v) is 3.79. The molecule has 2 heterocycles. The summed E-state index contributed by atoms with van der Waals surface area (Å²) in [6.45, 7) is 0. The second-order valence-electron chi connectivity index (χ2n) is 5.11. The van der Waals surface area contributed by atoms with Crippen molar-refractivity contribution in [2.45, 2.75) is 11.1 Å². The van der Waals surface area contributed by atoms with E-state index in [9.17, 15) is 18.0 Å². The maximum absolute atomic E-state index is 13.1. The summed E-state index contributed by atoms with van der Waals surface area (Å²) in [6.07, 6.45) is -2.95. The van der Waals surface area contributed by atoms with Gasteiger partial charge in [0.25, 0.3) is 0 Å². The average Bonchev–Trinajstić information content (AvgIpc) is 2.88. The second-order valence-corrected chi connectivity index (χ2v) is 7.37. The van der Waals surface area contributed by atoms with E-state index >= 15 is 0 Å². The van der Waals surface area contributed by atoms with Gasteiger partial charge in [-0.15, -0.1) is 22.0 Å². The van der Waals surface area contributed by atoms with E-state index in [2.05, 4.69) is 26.1 Å². The Kier molecular flexibility index (Phi) is 5.18. The summed E-state index contributed by atoms with van der Waals surface area (Å²) >= 11 is 10.1. The molecule has 0 aliphatic carbocycles. The highest BCUT2D eigenvalue weighted by molar-refractivity contribution is 9.10. The summed E-state index contributed by atoms with van der Waals surface area (Å²) < 4.78 is 41.2. The molecule has 5 nitrogen and oxygen atoms in total. The van der Waals surface area contributed by atoms with E-state index < -0.39 is 17.7 Å². The number of halogens is 5. The maximum Gasteiger partial charge on any atom is 0.416 e. The summed E-state index contributed by atoms with van der Waals surface area (Å²) in [5, 5.41) is 17.1. The zero-order valence-corrected chi connectivity index (χ0v) is 15.7. The van der Waals surface area contributed by atoms with Crippen LogP contribution in [0, 0.1) is 0 Å². The van der Waals surface area contributed by atoms with Crippen molar-refractivity contribution in [3.8, 4) is 5.82 Å². The number of fused-ring (bicyclic) bond motifs is 1. The third-order valence-corrected chi connectivity index (χ3v) is 5.19. The molecular formula is C15H8BrClF3N3O2S. The molecule has 0 amide bonds. The number of benzene rings is 1. The molecule has 11 heteroatoms. The van der Waals surface area contributed by atoms with Gasteiger partial charge in [-0.3, -0.25) is 9.36 Å². The first kappa shape index (κ1) is 19.0. The van der Waals surface area contributed by atoms with Gasteiger partial charge >= 0.3 is 12.1 Å². The number of rotatable bonds is 4. The van der Waals surface area contributed by atoms with Crippen molar-refractivity contribution in [3.63, 3.8) is 0 Å². The first-order valence-electron chi connectivity index (χ1n) is 6.93. The van der Waals surface area contributed by atoms with Crippen LogP contribution in [0.2, 0.25) is 5.15 Å². The zero-order valence-electron chi connectivity index (χ0n) is 12.6. The summed E-state index contributed by atoms with van der Waals surface area (Å²) in [4.78, 5) is 11.2. The molecule has 0 fully saturated rings. The van der Waals surface area contributed by atoms with Gasteiger partial charge in [-0.2, -0.15) is 13.2 Å². The quantitative estimate of drug-likeness (QED) is 0.546. The third kappa shape index (κ3) is 3.81. The lowest BCUT2D eigenvalue weighted by Crippen LogP contribution is -2.06. The van der Waals surface area contributed by atoms with Crippen LogP contribution < -0.4 is 0 Å². The van der Waals surface area contributed by atoms with Gasteiger partial charge in [0.15, 0.2) is 11.0 Å². The van der Waals surface area contributed by atoms with Gasteiger partial charge in [-0.05, 0) is 34.1 Å². The minimum absolute atomic E-state index is 0.0492. The Labute approximate surface area is 162 Å². The highest BCUT2D eigenvalue weighted by Crippen LogP contribution is 2.36. The molecule has 136 valence electrons. The van der Waals surface area contributed by atoms with Crippen LogP contribution >= 0.6 is 39.3 Å². The van der Waals surface area contributed by atoms with Crippen LogP contribution in [-0.2, 0) is 11.0 Å². The Morgan fingerprint density at radius 1 is 1.31 bits per heavy atom. The van der Waals surface area contributed by atoms with Crippen molar-refractivity contribution in [1.82, 2.24) is 14.8 Å². The monoisotopic (exact) mass is 465 g/mol. The van der Waals surface area contributed by atoms with Crippen molar-refractivity contribution in [2.75, 3.05) is 5.75 Å². The van der Waals surface area contributed by atoms with Crippen molar-refractivity contribution in [2.24, 2.45) is 0 Å². The predicted molar refractivity (Wildman–Crippen MR) is 94.9 cm³/mol. The van der Waals surface area contributed by atoms with E-state index in [0.717, 1.165) is 23.9 Å². The van der Waals surface area contributed by atoms with E-state index in [1.54, 1.807) is 6.20 Å². The van der Waals surface area contributed by atoms with Crippen LogP contribution in [0.5, 0.6) is 0 Å². The van der Waals surface area contributed by atoms with Gasteiger partial charge in [-0.1, -0.05) is 17.7 Å². The predicted octanol–water partition coefficient (Wildman–Crippen LogP) is 5.03. The molecule has 0 aliphatic rings. The fourth-order valence-electron chi connectivity index (χ4n) is 2.30. The molecule has 1 aromatic carbocycles. The van der Waals surface area contributed by atoms with Gasteiger partial charge < -0.3 is 5.11 Å². The Bertz CT molecular complexity index is 1010. The van der Waals surface area contributed by atoms with Crippen LogP contribution in [0.15, 0.2) is 39.8 Å². The topological polar surface area (TPSA) is 68.0 Å². The SMILES string of the molecule is O=C(O)CSc1cc(Cl)nnc1-n1cc(Br)c2ccc(C(F)(F)F)cc21. The highest BCUT2D eigenvalue weighted by atomic mass is 79.9. The first-order valence-corrected chi connectivity index (χ1v) is 9.08. The summed E-state index contributed by atoms with van der Waals surface area (Å²) in [5.41, 5.74) is -0.556. The maximum atomic E-state index is 13.1. The van der Waals surface area contributed by atoms with Crippen LogP contribution in [0.4, 0.5) is 13.2 Å². The molecule has 0 radical (unpaired) electrons. The Hall–Kier alpha value is -1.78. The van der Waals surface area contributed by atoms with E-state index in [4.69, 9.17) is 16.7 Å². The minimum Gasteiger partial charge on any atom is -0.481 e. The van der Waals surface area contributed by atoms with Crippen LogP contribution in [0.3, 0.4) is 0 Å². The van der Waals surface area contributed by atoms with Crippen molar-refractivity contribution in [3.05, 3.63) is 45.7 Å². The zero-order chi connectivity index (χ0) is 19.1. The lowest BCUT2D eigenvalue weighted by Gasteiger charge is -2.11. The number of carbonyl (C=O) groups is 1. The number of carboxylic acid groups (broad SMARTS) is 1. The molecule has 0 saturated heterocycles. The van der Waals surface area contributed by atoms with E-state index in [1.807, 2.05) is 0 Å². The smallest absolute Gasteiger partial charge is 0.416 e. The molecule has 0 saturated carbocycles. The number of aromatic nitrogens is 3. The summed E-state index contributed by atoms with van der Waals surface area (Å²) in [6, 6.07) is 4.77. The van der Waals surface area contributed by atoms with Gasteiger partial charge in [0.2, 0.25) is 0 Å². The number of alkyl halides is 3. The minimum atomic E-state index is -4.50. The van der Waals surface area contributed by atoms with Crippen LogP contribution in [0.25, 0.3) is 16.7 Å². The standard InChI is InChI=1S/C15H8BrClF3N3O2S/c16-9-5-23(10-3-7(15(18,19)20)1-2-8(9)10)14-11(26-6-13(24)25)4-12(17)21-22-14/h1-5H,6H2,(H,24,25). The van der Waals surface area contributed by atoms with Gasteiger partial charge in [0, 0.05) is 16.1 Å². The molecule has 26 heavy (non-hydrogen) atoms. The molecule has 0 spiro atoms. The molecule has 0 bridgehead atoms. The third-order valence-electron chi connectivity index (χ3n) is 3.37. The number of aliphatic carboxylic acids is 1. The average molecular weight is 467 g/mol. The molecule has 3 rings (SSSR count). The molecule has 0 aliphatic heterocycles. The molecule has 1 N–H and O–H groups in total. The number of nitrogens with zero attached hydrogens (tertiary/aromatic N) is 3. The Morgan fingerprint density at radius 2 is 2.04 bits per heavy atom. The lowest BCUT2D eigenvalue weighted by atomic mass is 10.1. The normalized spacial score (nSPS) is 11.9. The largest absolute Gasteiger partial charge is 0.481 e. The summed E-state index contributed by atoms with van der Waals surface area (Å²) in [5.74, 6) is -1.12. The lowest BCUT2D eigenvalue weighted by molar-refractivity contribution is -0.137. The molecule has 3 aromatic rings. The summed E-state index contributed by atoms with van der Waals surface area (Å²) in [7, 11) is 0. The van der Waals surface area contributed by atoms with Gasteiger partial charge in [0.1, 0.15) is 0 Å².